The second kappa shape index (κ2) is 4.22. The van der Waals surface area contributed by atoms with Crippen LogP contribution in [0, 0.1) is 5.82 Å². The van der Waals surface area contributed by atoms with Gasteiger partial charge in [0.1, 0.15) is 11.6 Å². The number of halogens is 2. The molecule has 3 nitrogen and oxygen atoms in total. The number of hydrogen-bond donors (Lipinski definition) is 0. The van der Waals surface area contributed by atoms with Gasteiger partial charge in [-0.2, -0.15) is 0 Å². The maximum absolute atomic E-state index is 12.8. The Morgan fingerprint density at radius 2 is 1.81 bits per heavy atom. The van der Waals surface area contributed by atoms with Gasteiger partial charge in [0, 0.05) is 11.6 Å². The summed E-state index contributed by atoms with van der Waals surface area (Å²) in [4.78, 5) is 0. The lowest BCUT2D eigenvalue weighted by molar-refractivity contribution is 0.627. The van der Waals surface area contributed by atoms with E-state index in [2.05, 4.69) is 10.2 Å². The SMILES string of the molecule is CC(C)c1nnc(Cl)n1-c1ccc(F)cc1. The molecule has 0 unspecified atom stereocenters. The number of nitrogens with zero attached hydrogens (tertiary/aromatic N) is 3. The first-order valence-electron chi connectivity index (χ1n) is 4.96. The van der Waals surface area contributed by atoms with Crippen molar-refractivity contribution in [3.8, 4) is 5.69 Å². The van der Waals surface area contributed by atoms with Crippen LogP contribution in [0.2, 0.25) is 5.28 Å². The van der Waals surface area contributed by atoms with E-state index >= 15 is 0 Å². The Morgan fingerprint density at radius 1 is 1.19 bits per heavy atom. The van der Waals surface area contributed by atoms with Crippen molar-refractivity contribution in [1.82, 2.24) is 14.8 Å². The first kappa shape index (κ1) is 11.1. The van der Waals surface area contributed by atoms with Crippen molar-refractivity contribution in [2.45, 2.75) is 19.8 Å². The van der Waals surface area contributed by atoms with Gasteiger partial charge in [0.15, 0.2) is 0 Å². The van der Waals surface area contributed by atoms with Gasteiger partial charge in [0.05, 0.1) is 0 Å². The Balaban J connectivity index is 2.54. The van der Waals surface area contributed by atoms with E-state index in [4.69, 9.17) is 11.6 Å². The van der Waals surface area contributed by atoms with E-state index in [-0.39, 0.29) is 17.0 Å². The summed E-state index contributed by atoms with van der Waals surface area (Å²) in [7, 11) is 0. The Morgan fingerprint density at radius 3 is 2.38 bits per heavy atom. The Hall–Kier alpha value is -1.42. The smallest absolute Gasteiger partial charge is 0.229 e. The lowest BCUT2D eigenvalue weighted by Crippen LogP contribution is -2.03. The fourth-order valence-electron chi connectivity index (χ4n) is 1.48. The Kier molecular flexibility index (Phi) is 2.92. The summed E-state index contributed by atoms with van der Waals surface area (Å²) in [5.41, 5.74) is 0.764. The Bertz CT molecular complexity index is 490. The highest BCUT2D eigenvalue weighted by Crippen LogP contribution is 2.22. The number of hydrogen-bond acceptors (Lipinski definition) is 2. The quantitative estimate of drug-likeness (QED) is 0.806. The molecule has 0 bridgehead atoms. The molecule has 0 radical (unpaired) electrons. The highest BCUT2D eigenvalue weighted by atomic mass is 35.5. The third-order valence-electron chi connectivity index (χ3n) is 2.25. The summed E-state index contributed by atoms with van der Waals surface area (Å²) in [6, 6.07) is 6.07. The van der Waals surface area contributed by atoms with Gasteiger partial charge < -0.3 is 0 Å². The number of benzene rings is 1. The average Bonchev–Trinajstić information content (AvgIpc) is 2.62. The molecular formula is C11H11ClFN3. The molecule has 0 aliphatic rings. The minimum atomic E-state index is -0.279. The summed E-state index contributed by atoms with van der Waals surface area (Å²) < 4.78 is 14.5. The van der Waals surface area contributed by atoms with E-state index in [1.807, 2.05) is 13.8 Å². The second-order valence-electron chi connectivity index (χ2n) is 3.79. The van der Waals surface area contributed by atoms with Crippen LogP contribution in [0.5, 0.6) is 0 Å². The van der Waals surface area contributed by atoms with Gasteiger partial charge in [-0.15, -0.1) is 10.2 Å². The third kappa shape index (κ3) is 1.93. The zero-order chi connectivity index (χ0) is 11.7. The molecule has 0 aliphatic heterocycles. The molecule has 5 heteroatoms. The van der Waals surface area contributed by atoms with E-state index in [0.717, 1.165) is 11.5 Å². The van der Waals surface area contributed by atoms with Gasteiger partial charge in [0.2, 0.25) is 5.28 Å². The van der Waals surface area contributed by atoms with Gasteiger partial charge in [0.25, 0.3) is 0 Å². The van der Waals surface area contributed by atoms with E-state index in [9.17, 15) is 4.39 Å². The van der Waals surface area contributed by atoms with Crippen LogP contribution >= 0.6 is 11.6 Å². The number of aromatic nitrogens is 3. The van der Waals surface area contributed by atoms with Gasteiger partial charge in [-0.1, -0.05) is 13.8 Å². The lowest BCUT2D eigenvalue weighted by atomic mass is 10.2. The highest BCUT2D eigenvalue weighted by molar-refractivity contribution is 6.28. The first-order chi connectivity index (χ1) is 7.59. The maximum atomic E-state index is 12.8. The molecule has 1 heterocycles. The third-order valence-corrected chi connectivity index (χ3v) is 2.49. The summed E-state index contributed by atoms with van der Waals surface area (Å²) >= 11 is 5.96. The Labute approximate surface area is 97.9 Å². The molecule has 2 rings (SSSR count). The largest absolute Gasteiger partial charge is 0.270 e. The summed E-state index contributed by atoms with van der Waals surface area (Å²) in [5, 5.41) is 8.11. The van der Waals surface area contributed by atoms with Crippen molar-refractivity contribution in [2.75, 3.05) is 0 Å². The normalized spacial score (nSPS) is 11.1. The molecule has 0 aliphatic carbocycles. The molecule has 0 saturated heterocycles. The fraction of sp³-hybridized carbons (Fsp3) is 0.273. The van der Waals surface area contributed by atoms with Crippen molar-refractivity contribution in [1.29, 1.82) is 0 Å². The molecule has 2 aromatic rings. The van der Waals surface area contributed by atoms with Crippen molar-refractivity contribution in [3.05, 3.63) is 41.2 Å². The van der Waals surface area contributed by atoms with E-state index < -0.39 is 0 Å². The molecule has 0 atom stereocenters. The van der Waals surface area contributed by atoms with Crippen molar-refractivity contribution in [3.63, 3.8) is 0 Å². The van der Waals surface area contributed by atoms with Crippen LogP contribution in [-0.4, -0.2) is 14.8 Å². The van der Waals surface area contributed by atoms with E-state index in [0.29, 0.717) is 0 Å². The summed E-state index contributed by atoms with van der Waals surface area (Å²) in [6.45, 7) is 4.00. The van der Waals surface area contributed by atoms with Crippen LogP contribution in [0.3, 0.4) is 0 Å². The first-order valence-corrected chi connectivity index (χ1v) is 5.34. The lowest BCUT2D eigenvalue weighted by Gasteiger charge is -2.09. The molecule has 0 N–H and O–H groups in total. The molecule has 84 valence electrons. The highest BCUT2D eigenvalue weighted by Gasteiger charge is 2.14. The van der Waals surface area contributed by atoms with Crippen molar-refractivity contribution in [2.24, 2.45) is 0 Å². The molecule has 0 fully saturated rings. The second-order valence-corrected chi connectivity index (χ2v) is 4.13. The van der Waals surface area contributed by atoms with Crippen LogP contribution in [0.25, 0.3) is 5.69 Å². The molecule has 1 aromatic carbocycles. The van der Waals surface area contributed by atoms with Gasteiger partial charge >= 0.3 is 0 Å². The standard InChI is InChI=1S/C11H11ClFN3/c1-7(2)10-14-15-11(12)16(10)9-5-3-8(13)4-6-9/h3-7H,1-2H3. The topological polar surface area (TPSA) is 30.7 Å². The fourth-order valence-corrected chi connectivity index (χ4v) is 1.70. The minimum Gasteiger partial charge on any atom is -0.270 e. The molecule has 0 amide bonds. The average molecular weight is 240 g/mol. The van der Waals surface area contributed by atoms with Gasteiger partial charge in [-0.05, 0) is 35.9 Å². The van der Waals surface area contributed by atoms with E-state index in [1.54, 1.807) is 16.7 Å². The predicted molar refractivity (Wildman–Crippen MR) is 60.4 cm³/mol. The van der Waals surface area contributed by atoms with Crippen LogP contribution in [0.15, 0.2) is 24.3 Å². The van der Waals surface area contributed by atoms with Crippen LogP contribution in [0.4, 0.5) is 4.39 Å². The van der Waals surface area contributed by atoms with Crippen LogP contribution < -0.4 is 0 Å². The van der Waals surface area contributed by atoms with Crippen LogP contribution in [0.1, 0.15) is 25.6 Å². The summed E-state index contributed by atoms with van der Waals surface area (Å²) in [5.74, 6) is 0.681. The minimum absolute atomic E-state index is 0.199. The zero-order valence-electron chi connectivity index (χ0n) is 8.98. The van der Waals surface area contributed by atoms with E-state index in [1.165, 1.54) is 12.1 Å². The zero-order valence-corrected chi connectivity index (χ0v) is 9.74. The van der Waals surface area contributed by atoms with Crippen LogP contribution in [-0.2, 0) is 0 Å². The molecule has 0 spiro atoms. The molecule has 16 heavy (non-hydrogen) atoms. The monoisotopic (exact) mass is 239 g/mol. The molecule has 1 aromatic heterocycles. The van der Waals surface area contributed by atoms with Gasteiger partial charge in [-0.25, -0.2) is 4.39 Å². The van der Waals surface area contributed by atoms with Gasteiger partial charge in [-0.3, -0.25) is 4.57 Å². The molecular weight excluding hydrogens is 229 g/mol. The van der Waals surface area contributed by atoms with Crippen molar-refractivity contribution < 1.29 is 4.39 Å². The predicted octanol–water partition coefficient (Wildman–Crippen LogP) is 3.18. The summed E-state index contributed by atoms with van der Waals surface area (Å²) in [6.07, 6.45) is 0. The maximum Gasteiger partial charge on any atom is 0.229 e. The molecule has 0 saturated carbocycles. The number of rotatable bonds is 2. The van der Waals surface area contributed by atoms with Crippen molar-refractivity contribution >= 4 is 11.6 Å².